The minimum absolute atomic E-state index is 0.236. The molecule has 2 unspecified atom stereocenters. The van der Waals surface area contributed by atoms with Gasteiger partial charge in [-0.25, -0.2) is 8.78 Å². The summed E-state index contributed by atoms with van der Waals surface area (Å²) in [7, 11) is 1.69. The molecule has 0 saturated carbocycles. The monoisotopic (exact) mass is 200 g/mol. The third kappa shape index (κ3) is 2.27. The molecular weight excluding hydrogens is 186 g/mol. The van der Waals surface area contributed by atoms with Gasteiger partial charge in [-0.15, -0.1) is 0 Å². The Balaban J connectivity index is 3.04. The van der Waals surface area contributed by atoms with E-state index in [9.17, 15) is 8.78 Å². The third-order valence-corrected chi connectivity index (χ3v) is 2.13. The highest BCUT2D eigenvalue weighted by molar-refractivity contribution is 5.23. The van der Waals surface area contributed by atoms with E-state index >= 15 is 0 Å². The SMILES string of the molecule is CNC(c1ccc(F)cc1F)C(C)N. The molecule has 0 radical (unpaired) electrons. The number of benzene rings is 1. The van der Waals surface area contributed by atoms with Crippen LogP contribution in [-0.2, 0) is 0 Å². The summed E-state index contributed by atoms with van der Waals surface area (Å²) >= 11 is 0. The molecule has 0 saturated heterocycles. The molecule has 1 aromatic rings. The first-order valence-corrected chi connectivity index (χ1v) is 4.44. The lowest BCUT2D eigenvalue weighted by Gasteiger charge is -2.20. The predicted molar refractivity (Wildman–Crippen MR) is 51.8 cm³/mol. The van der Waals surface area contributed by atoms with Crippen molar-refractivity contribution in [2.45, 2.75) is 19.0 Å². The summed E-state index contributed by atoms with van der Waals surface area (Å²) in [5, 5.41) is 2.89. The Morgan fingerprint density at radius 3 is 2.43 bits per heavy atom. The van der Waals surface area contributed by atoms with E-state index in [1.165, 1.54) is 12.1 Å². The van der Waals surface area contributed by atoms with Crippen LogP contribution in [0, 0.1) is 11.6 Å². The molecule has 0 aliphatic rings. The van der Waals surface area contributed by atoms with Crippen LogP contribution >= 0.6 is 0 Å². The van der Waals surface area contributed by atoms with Crippen LogP contribution < -0.4 is 11.1 Å². The molecule has 4 heteroatoms. The minimum Gasteiger partial charge on any atom is -0.326 e. The molecule has 0 aromatic heterocycles. The lowest BCUT2D eigenvalue weighted by Crippen LogP contribution is -2.34. The average Bonchev–Trinajstić information content (AvgIpc) is 2.09. The fourth-order valence-corrected chi connectivity index (χ4v) is 1.46. The molecule has 0 amide bonds. The van der Waals surface area contributed by atoms with Crippen molar-refractivity contribution in [2.24, 2.45) is 5.73 Å². The van der Waals surface area contributed by atoms with Crippen LogP contribution in [0.2, 0.25) is 0 Å². The minimum atomic E-state index is -0.578. The van der Waals surface area contributed by atoms with Gasteiger partial charge in [-0.2, -0.15) is 0 Å². The topological polar surface area (TPSA) is 38.0 Å². The van der Waals surface area contributed by atoms with Crippen molar-refractivity contribution in [3.8, 4) is 0 Å². The highest BCUT2D eigenvalue weighted by Gasteiger charge is 2.17. The van der Waals surface area contributed by atoms with E-state index in [0.717, 1.165) is 6.07 Å². The van der Waals surface area contributed by atoms with Gasteiger partial charge in [-0.1, -0.05) is 6.07 Å². The molecule has 78 valence electrons. The van der Waals surface area contributed by atoms with Crippen LogP contribution in [0.1, 0.15) is 18.5 Å². The Kier molecular flexibility index (Phi) is 3.55. The fourth-order valence-electron chi connectivity index (χ4n) is 1.46. The number of nitrogens with one attached hydrogen (secondary N) is 1. The maximum Gasteiger partial charge on any atom is 0.130 e. The number of hydrogen-bond donors (Lipinski definition) is 2. The zero-order valence-electron chi connectivity index (χ0n) is 8.22. The van der Waals surface area contributed by atoms with E-state index in [0.29, 0.717) is 5.56 Å². The van der Waals surface area contributed by atoms with Crippen molar-refractivity contribution in [3.05, 3.63) is 35.4 Å². The summed E-state index contributed by atoms with van der Waals surface area (Å²) in [6.07, 6.45) is 0. The van der Waals surface area contributed by atoms with Gasteiger partial charge in [-0.3, -0.25) is 0 Å². The molecule has 3 N–H and O–H groups in total. The van der Waals surface area contributed by atoms with Gasteiger partial charge in [-0.05, 0) is 20.0 Å². The van der Waals surface area contributed by atoms with Crippen molar-refractivity contribution < 1.29 is 8.78 Å². The van der Waals surface area contributed by atoms with E-state index in [1.807, 2.05) is 0 Å². The van der Waals surface area contributed by atoms with Gasteiger partial charge in [0.05, 0.1) is 0 Å². The van der Waals surface area contributed by atoms with Crippen LogP contribution in [-0.4, -0.2) is 13.1 Å². The summed E-state index contributed by atoms with van der Waals surface area (Å²) in [6.45, 7) is 1.77. The maximum absolute atomic E-state index is 13.3. The number of likely N-dealkylation sites (N-methyl/N-ethyl adjacent to an activating group) is 1. The van der Waals surface area contributed by atoms with E-state index in [4.69, 9.17) is 5.73 Å². The largest absolute Gasteiger partial charge is 0.326 e. The van der Waals surface area contributed by atoms with Crippen LogP contribution in [0.4, 0.5) is 8.78 Å². The van der Waals surface area contributed by atoms with Gasteiger partial charge in [0, 0.05) is 23.7 Å². The zero-order valence-corrected chi connectivity index (χ0v) is 8.22. The normalized spacial score (nSPS) is 15.2. The van der Waals surface area contributed by atoms with Gasteiger partial charge < -0.3 is 11.1 Å². The molecule has 14 heavy (non-hydrogen) atoms. The fraction of sp³-hybridized carbons (Fsp3) is 0.400. The van der Waals surface area contributed by atoms with Crippen molar-refractivity contribution in [1.82, 2.24) is 5.32 Å². The average molecular weight is 200 g/mol. The highest BCUT2D eigenvalue weighted by atomic mass is 19.1. The number of hydrogen-bond acceptors (Lipinski definition) is 2. The molecule has 1 rings (SSSR count). The second kappa shape index (κ2) is 4.48. The first-order chi connectivity index (χ1) is 6.56. The molecular formula is C10H14F2N2. The van der Waals surface area contributed by atoms with E-state index in [2.05, 4.69) is 5.32 Å². The Hall–Kier alpha value is -1.00. The van der Waals surface area contributed by atoms with Gasteiger partial charge in [0.15, 0.2) is 0 Å². The molecule has 0 bridgehead atoms. The predicted octanol–water partition coefficient (Wildman–Crippen LogP) is 1.57. The maximum atomic E-state index is 13.3. The van der Waals surface area contributed by atoms with Crippen molar-refractivity contribution in [2.75, 3.05) is 7.05 Å². The number of nitrogens with two attached hydrogens (primary N) is 1. The quantitative estimate of drug-likeness (QED) is 0.777. The molecule has 0 heterocycles. The summed E-state index contributed by atoms with van der Waals surface area (Å²) in [5.41, 5.74) is 6.06. The van der Waals surface area contributed by atoms with Gasteiger partial charge >= 0.3 is 0 Å². The summed E-state index contributed by atoms with van der Waals surface area (Å²) in [4.78, 5) is 0. The van der Waals surface area contributed by atoms with Gasteiger partial charge in [0.25, 0.3) is 0 Å². The van der Waals surface area contributed by atoms with Crippen LogP contribution in [0.15, 0.2) is 18.2 Å². The third-order valence-electron chi connectivity index (χ3n) is 2.13. The first kappa shape index (κ1) is 11.1. The summed E-state index contributed by atoms with van der Waals surface area (Å²) in [5.74, 6) is -1.15. The standard InChI is InChI=1S/C10H14F2N2/c1-6(13)10(14-2)8-4-3-7(11)5-9(8)12/h3-6,10,14H,13H2,1-2H3. The van der Waals surface area contributed by atoms with E-state index in [-0.39, 0.29) is 12.1 Å². The van der Waals surface area contributed by atoms with Gasteiger partial charge in [0.1, 0.15) is 11.6 Å². The Morgan fingerprint density at radius 2 is 2.00 bits per heavy atom. The molecule has 0 spiro atoms. The number of rotatable bonds is 3. The Labute approximate surface area is 82.1 Å². The van der Waals surface area contributed by atoms with Crippen LogP contribution in [0.3, 0.4) is 0 Å². The second-order valence-electron chi connectivity index (χ2n) is 3.29. The van der Waals surface area contributed by atoms with Gasteiger partial charge in [0.2, 0.25) is 0 Å². The molecule has 0 aliphatic heterocycles. The smallest absolute Gasteiger partial charge is 0.130 e. The lowest BCUT2D eigenvalue weighted by molar-refractivity contribution is 0.471. The second-order valence-corrected chi connectivity index (χ2v) is 3.29. The Morgan fingerprint density at radius 1 is 1.36 bits per heavy atom. The Bertz CT molecular complexity index is 313. The van der Waals surface area contributed by atoms with E-state index in [1.54, 1.807) is 14.0 Å². The summed E-state index contributed by atoms with van der Waals surface area (Å²) < 4.78 is 25.9. The molecule has 0 aliphatic carbocycles. The first-order valence-electron chi connectivity index (χ1n) is 4.44. The van der Waals surface area contributed by atoms with Crippen molar-refractivity contribution in [1.29, 1.82) is 0 Å². The molecule has 0 fully saturated rings. The molecule has 2 nitrogen and oxygen atoms in total. The highest BCUT2D eigenvalue weighted by Crippen LogP contribution is 2.19. The lowest BCUT2D eigenvalue weighted by atomic mass is 10.0. The van der Waals surface area contributed by atoms with Crippen LogP contribution in [0.5, 0.6) is 0 Å². The number of halogens is 2. The van der Waals surface area contributed by atoms with E-state index < -0.39 is 11.6 Å². The zero-order chi connectivity index (χ0) is 10.7. The van der Waals surface area contributed by atoms with Crippen molar-refractivity contribution in [3.63, 3.8) is 0 Å². The molecule has 2 atom stereocenters. The summed E-state index contributed by atoms with van der Waals surface area (Å²) in [6, 6.07) is 2.97. The van der Waals surface area contributed by atoms with Crippen LogP contribution in [0.25, 0.3) is 0 Å². The molecule has 1 aromatic carbocycles. The van der Waals surface area contributed by atoms with Crippen molar-refractivity contribution >= 4 is 0 Å².